The number of rotatable bonds is 6. The van der Waals surface area contributed by atoms with Crippen LogP contribution in [0, 0.1) is 0 Å². The van der Waals surface area contributed by atoms with E-state index in [1.807, 2.05) is 0 Å². The molecule has 3 rings (SSSR count). The third-order valence-electron chi connectivity index (χ3n) is 4.84. The van der Waals surface area contributed by atoms with Crippen molar-refractivity contribution in [3.63, 3.8) is 0 Å². The summed E-state index contributed by atoms with van der Waals surface area (Å²) in [6.45, 7) is 0.338. The molecular weight excluding hydrogens is 382 g/mol. The highest BCUT2D eigenvalue weighted by Crippen LogP contribution is 2.19. The van der Waals surface area contributed by atoms with Gasteiger partial charge in [0.1, 0.15) is 17.8 Å². The molecule has 1 fully saturated rings. The Morgan fingerprint density at radius 2 is 2.14 bits per heavy atom. The third-order valence-corrected chi connectivity index (χ3v) is 4.84. The van der Waals surface area contributed by atoms with Crippen molar-refractivity contribution in [3.8, 4) is 0 Å². The van der Waals surface area contributed by atoms with Gasteiger partial charge in [0.25, 0.3) is 11.5 Å². The Morgan fingerprint density at radius 1 is 1.38 bits per heavy atom. The number of imidazole rings is 1. The highest BCUT2D eigenvalue weighted by molar-refractivity contribution is 5.97. The Labute approximate surface area is 164 Å². The normalized spacial score (nSPS) is 17.1. The first kappa shape index (κ1) is 20.0. The first-order valence-electron chi connectivity index (χ1n) is 8.96. The van der Waals surface area contributed by atoms with E-state index in [0.29, 0.717) is 25.1 Å². The number of hydrogen-bond donors (Lipinski definition) is 4. The molecule has 2 aromatic heterocycles. The molecule has 154 valence electrons. The molecule has 1 saturated heterocycles. The van der Waals surface area contributed by atoms with Gasteiger partial charge in [-0.1, -0.05) is 0 Å². The lowest BCUT2D eigenvalue weighted by Gasteiger charge is -2.27. The maximum atomic E-state index is 13.1. The van der Waals surface area contributed by atoms with Gasteiger partial charge in [0, 0.05) is 38.0 Å². The summed E-state index contributed by atoms with van der Waals surface area (Å²) < 4.78 is 0.811. The number of amides is 3. The van der Waals surface area contributed by atoms with E-state index in [9.17, 15) is 24.0 Å². The minimum absolute atomic E-state index is 0.0711. The lowest BCUT2D eigenvalue weighted by Crippen LogP contribution is -2.54. The van der Waals surface area contributed by atoms with E-state index < -0.39 is 41.1 Å². The van der Waals surface area contributed by atoms with Crippen LogP contribution in [0.5, 0.6) is 0 Å². The molecule has 3 amide bonds. The summed E-state index contributed by atoms with van der Waals surface area (Å²) in [6, 6.07) is -0.834. The van der Waals surface area contributed by atoms with Gasteiger partial charge in [0.2, 0.25) is 11.8 Å². The number of carbonyl (C=O) groups is 3. The van der Waals surface area contributed by atoms with Gasteiger partial charge in [0.15, 0.2) is 0 Å². The van der Waals surface area contributed by atoms with Crippen LogP contribution in [0.3, 0.4) is 0 Å². The van der Waals surface area contributed by atoms with Crippen LogP contribution in [0.15, 0.2) is 28.2 Å². The molecule has 0 radical (unpaired) electrons. The SMILES string of the molecule is Cn1c(=O)cc(C(=O)NC(Cc2cnc[nH]2)C(=O)N2CCCC2C(N)=O)[nH]c1=O. The molecule has 1 aliphatic rings. The number of primary amides is 1. The van der Waals surface area contributed by atoms with Crippen molar-refractivity contribution in [1.82, 2.24) is 29.7 Å². The van der Waals surface area contributed by atoms with E-state index in [0.717, 1.165) is 10.6 Å². The highest BCUT2D eigenvalue weighted by atomic mass is 16.2. The molecule has 12 nitrogen and oxygen atoms in total. The molecule has 0 bridgehead atoms. The second kappa shape index (κ2) is 8.12. The molecule has 5 N–H and O–H groups in total. The Hall–Kier alpha value is -3.70. The molecule has 0 aliphatic carbocycles. The van der Waals surface area contributed by atoms with Crippen LogP contribution < -0.4 is 22.3 Å². The molecule has 2 unspecified atom stereocenters. The zero-order valence-corrected chi connectivity index (χ0v) is 15.7. The Bertz CT molecular complexity index is 1010. The van der Waals surface area contributed by atoms with E-state index in [2.05, 4.69) is 20.3 Å². The average molecular weight is 403 g/mol. The monoisotopic (exact) mass is 403 g/mol. The van der Waals surface area contributed by atoms with Crippen LogP contribution >= 0.6 is 0 Å². The van der Waals surface area contributed by atoms with Crippen LogP contribution in [0.2, 0.25) is 0 Å². The smallest absolute Gasteiger partial charge is 0.328 e. The summed E-state index contributed by atoms with van der Waals surface area (Å²) in [7, 11) is 1.27. The van der Waals surface area contributed by atoms with Crippen molar-refractivity contribution < 1.29 is 14.4 Å². The fourth-order valence-corrected chi connectivity index (χ4v) is 3.26. The Kier molecular flexibility index (Phi) is 5.61. The number of aromatic amines is 2. The summed E-state index contributed by atoms with van der Waals surface area (Å²) in [6.07, 6.45) is 4.07. The minimum atomic E-state index is -1.06. The number of carbonyl (C=O) groups excluding carboxylic acids is 3. The summed E-state index contributed by atoms with van der Waals surface area (Å²) in [4.78, 5) is 71.3. The summed E-state index contributed by atoms with van der Waals surface area (Å²) in [5, 5.41) is 2.53. The van der Waals surface area contributed by atoms with Gasteiger partial charge in [-0.2, -0.15) is 0 Å². The molecule has 2 atom stereocenters. The third kappa shape index (κ3) is 4.25. The van der Waals surface area contributed by atoms with Crippen LogP contribution in [-0.2, 0) is 23.1 Å². The van der Waals surface area contributed by atoms with E-state index in [-0.39, 0.29) is 12.1 Å². The Morgan fingerprint density at radius 3 is 2.76 bits per heavy atom. The van der Waals surface area contributed by atoms with Gasteiger partial charge in [-0.15, -0.1) is 0 Å². The van der Waals surface area contributed by atoms with Crippen LogP contribution in [-0.4, -0.2) is 60.8 Å². The van der Waals surface area contributed by atoms with Crippen molar-refractivity contribution in [3.05, 3.63) is 50.8 Å². The number of nitrogens with two attached hydrogens (primary N) is 1. The molecule has 1 aliphatic heterocycles. The predicted octanol–water partition coefficient (Wildman–Crippen LogP) is -2.39. The maximum absolute atomic E-state index is 13.1. The van der Waals surface area contributed by atoms with Crippen molar-refractivity contribution in [2.24, 2.45) is 12.8 Å². The zero-order chi connectivity index (χ0) is 21.1. The lowest BCUT2D eigenvalue weighted by atomic mass is 10.1. The molecular formula is C17H21N7O5. The maximum Gasteiger partial charge on any atom is 0.328 e. The number of nitrogens with one attached hydrogen (secondary N) is 3. The molecule has 2 aromatic rings. The number of H-pyrrole nitrogens is 2. The number of hydrogen-bond acceptors (Lipinski definition) is 6. The summed E-state index contributed by atoms with van der Waals surface area (Å²) >= 11 is 0. The molecule has 0 aromatic carbocycles. The predicted molar refractivity (Wildman–Crippen MR) is 99.8 cm³/mol. The zero-order valence-electron chi connectivity index (χ0n) is 15.7. The second-order valence-electron chi connectivity index (χ2n) is 6.78. The number of likely N-dealkylation sites (tertiary alicyclic amines) is 1. The van der Waals surface area contributed by atoms with E-state index >= 15 is 0 Å². The van der Waals surface area contributed by atoms with E-state index in [1.54, 1.807) is 0 Å². The molecule has 0 spiro atoms. The highest BCUT2D eigenvalue weighted by Gasteiger charge is 2.37. The van der Waals surface area contributed by atoms with Crippen LogP contribution in [0.4, 0.5) is 0 Å². The van der Waals surface area contributed by atoms with Gasteiger partial charge in [0.05, 0.1) is 6.33 Å². The lowest BCUT2D eigenvalue weighted by molar-refractivity contribution is -0.138. The van der Waals surface area contributed by atoms with Gasteiger partial charge in [-0.25, -0.2) is 9.78 Å². The minimum Gasteiger partial charge on any atom is -0.368 e. The van der Waals surface area contributed by atoms with Crippen molar-refractivity contribution in [2.75, 3.05) is 6.54 Å². The van der Waals surface area contributed by atoms with Gasteiger partial charge in [-0.3, -0.25) is 23.7 Å². The quantitative estimate of drug-likeness (QED) is 0.418. The molecule has 0 saturated carbocycles. The largest absolute Gasteiger partial charge is 0.368 e. The van der Waals surface area contributed by atoms with Gasteiger partial charge in [-0.05, 0) is 12.8 Å². The Balaban J connectivity index is 1.86. The van der Waals surface area contributed by atoms with Gasteiger partial charge >= 0.3 is 5.69 Å². The molecule has 29 heavy (non-hydrogen) atoms. The van der Waals surface area contributed by atoms with Crippen molar-refractivity contribution in [2.45, 2.75) is 31.3 Å². The topological polar surface area (TPSA) is 176 Å². The van der Waals surface area contributed by atoms with Crippen LogP contribution in [0.1, 0.15) is 29.0 Å². The van der Waals surface area contributed by atoms with E-state index in [4.69, 9.17) is 5.73 Å². The van der Waals surface area contributed by atoms with Crippen molar-refractivity contribution in [1.29, 1.82) is 0 Å². The van der Waals surface area contributed by atoms with Gasteiger partial charge < -0.3 is 25.9 Å². The van der Waals surface area contributed by atoms with Crippen molar-refractivity contribution >= 4 is 17.7 Å². The molecule has 12 heteroatoms. The fraction of sp³-hybridized carbons (Fsp3) is 0.412. The van der Waals surface area contributed by atoms with Crippen LogP contribution in [0.25, 0.3) is 0 Å². The molecule has 3 heterocycles. The standard InChI is InChI=1S/C17H21N7O5/c1-23-13(25)6-10(22-17(23)29)15(27)21-11(5-9-7-19-8-20-9)16(28)24-4-2-3-12(24)14(18)26/h6-8,11-12H,2-5H2,1H3,(H2,18,26)(H,19,20)(H,21,27)(H,22,29). The first-order chi connectivity index (χ1) is 13.8. The number of aromatic nitrogens is 4. The summed E-state index contributed by atoms with van der Waals surface area (Å²) in [5.74, 6) is -1.90. The average Bonchev–Trinajstić information content (AvgIpc) is 3.36. The first-order valence-corrected chi connectivity index (χ1v) is 8.96. The van der Waals surface area contributed by atoms with E-state index in [1.165, 1.54) is 24.5 Å². The fourth-order valence-electron chi connectivity index (χ4n) is 3.26. The number of nitrogens with zero attached hydrogens (tertiary/aromatic N) is 3. The second-order valence-corrected chi connectivity index (χ2v) is 6.78. The summed E-state index contributed by atoms with van der Waals surface area (Å²) in [5.41, 5.74) is 4.28.